The first-order valence-electron chi connectivity index (χ1n) is 9.66. The van der Waals surface area contributed by atoms with E-state index < -0.39 is 11.7 Å². The quantitative estimate of drug-likeness (QED) is 0.365. The molecule has 0 aliphatic rings. The molecule has 32 heavy (non-hydrogen) atoms. The minimum atomic E-state index is -0.578. The number of carbonyl (C=O) groups is 2. The summed E-state index contributed by atoms with van der Waals surface area (Å²) in [4.78, 5) is 25.2. The summed E-state index contributed by atoms with van der Waals surface area (Å²) in [6, 6.07) is 6.88. The van der Waals surface area contributed by atoms with E-state index in [1.807, 2.05) is 0 Å². The average molecular weight is 442 g/mol. The van der Waals surface area contributed by atoms with Gasteiger partial charge in [-0.15, -0.1) is 0 Å². The minimum absolute atomic E-state index is 0.00964. The van der Waals surface area contributed by atoms with Crippen LogP contribution in [0.15, 0.2) is 36.5 Å². The molecule has 0 unspecified atom stereocenters. The van der Waals surface area contributed by atoms with Gasteiger partial charge >= 0.3 is 0 Å². The van der Waals surface area contributed by atoms with Crippen LogP contribution in [0.3, 0.4) is 0 Å². The predicted octanol–water partition coefficient (Wildman–Crippen LogP) is 2.35. The highest BCUT2D eigenvalue weighted by atomic mass is 19.1. The second kappa shape index (κ2) is 9.52. The molecule has 1 aromatic heterocycles. The summed E-state index contributed by atoms with van der Waals surface area (Å²) >= 11 is 0. The molecule has 0 fully saturated rings. The number of phenols is 1. The van der Waals surface area contributed by atoms with Crippen LogP contribution in [0.5, 0.6) is 17.2 Å². The van der Waals surface area contributed by atoms with Gasteiger partial charge in [0.1, 0.15) is 5.82 Å². The zero-order valence-electron chi connectivity index (χ0n) is 17.8. The topological polar surface area (TPSA) is 110 Å². The van der Waals surface area contributed by atoms with Crippen LogP contribution in [0.4, 0.5) is 4.39 Å². The number of carbonyl (C=O) groups excluding carboxylic acids is 2. The van der Waals surface area contributed by atoms with Crippen molar-refractivity contribution >= 4 is 34.2 Å². The predicted molar refractivity (Wildman–Crippen MR) is 117 cm³/mol. The molecule has 0 radical (unpaired) electrons. The Kier molecular flexibility index (Phi) is 6.79. The fraction of sp³-hybridized carbons (Fsp3) is 0.217. The number of hydrogen-bond acceptors (Lipinski definition) is 6. The number of amides is 1. The first kappa shape index (κ1) is 22.8. The van der Waals surface area contributed by atoms with Gasteiger partial charge in [0, 0.05) is 41.8 Å². The zero-order chi connectivity index (χ0) is 23.4. The molecule has 8 nitrogen and oxygen atoms in total. The van der Waals surface area contributed by atoms with Crippen LogP contribution in [0.1, 0.15) is 11.1 Å². The molecule has 1 heterocycles. The molecule has 2 aromatic carbocycles. The minimum Gasteiger partial charge on any atom is -0.502 e. The zero-order valence-corrected chi connectivity index (χ0v) is 17.8. The van der Waals surface area contributed by atoms with Crippen molar-refractivity contribution in [1.82, 2.24) is 9.88 Å². The Labute approximate surface area is 183 Å². The molecule has 3 aromatic rings. The maximum absolute atomic E-state index is 14.1. The summed E-state index contributed by atoms with van der Waals surface area (Å²) in [5.41, 5.74) is 1.12. The smallest absolute Gasteiger partial charge is 0.252 e. The van der Waals surface area contributed by atoms with Crippen molar-refractivity contribution in [1.29, 1.82) is 0 Å². The lowest BCUT2D eigenvalue weighted by atomic mass is 9.94. The van der Waals surface area contributed by atoms with E-state index in [4.69, 9.17) is 9.47 Å². The second-order valence-electron chi connectivity index (χ2n) is 6.84. The first-order chi connectivity index (χ1) is 15.4. The van der Waals surface area contributed by atoms with Crippen LogP contribution >= 0.6 is 0 Å². The molecule has 3 N–H and O–H groups in total. The summed E-state index contributed by atoms with van der Waals surface area (Å²) in [5.74, 6) is -1.26. The SMILES string of the molecule is CNC(=O)/C(=C(\C=O)c1cc(OC)c(O)c(OC)c1)c1cn(CCO)c2ccc(F)cc12. The molecule has 3 rings (SSSR count). The molecule has 0 saturated carbocycles. The number of ether oxygens (including phenoxy) is 2. The monoisotopic (exact) mass is 442 g/mol. The highest BCUT2D eigenvalue weighted by molar-refractivity contribution is 6.37. The largest absolute Gasteiger partial charge is 0.502 e. The molecule has 0 aliphatic carbocycles. The molecule has 168 valence electrons. The second-order valence-corrected chi connectivity index (χ2v) is 6.84. The lowest BCUT2D eigenvalue weighted by Gasteiger charge is -2.14. The number of aliphatic hydroxyl groups is 1. The van der Waals surface area contributed by atoms with Gasteiger partial charge in [-0.05, 0) is 35.9 Å². The molecule has 0 spiro atoms. The number of allylic oxidation sites excluding steroid dienone is 1. The number of nitrogens with zero attached hydrogens (tertiary/aromatic N) is 1. The lowest BCUT2D eigenvalue weighted by molar-refractivity contribution is -0.115. The van der Waals surface area contributed by atoms with Gasteiger partial charge in [-0.25, -0.2) is 4.39 Å². The third-order valence-electron chi connectivity index (χ3n) is 5.09. The fourth-order valence-electron chi connectivity index (χ4n) is 3.60. The van der Waals surface area contributed by atoms with Gasteiger partial charge in [-0.2, -0.15) is 0 Å². The molecule has 0 aliphatic heterocycles. The van der Waals surface area contributed by atoms with E-state index in [2.05, 4.69) is 5.32 Å². The van der Waals surface area contributed by atoms with Crippen molar-refractivity contribution in [3.05, 3.63) is 53.5 Å². The first-order valence-corrected chi connectivity index (χ1v) is 9.66. The molecule has 9 heteroatoms. The number of phenolic OH excluding ortho intramolecular Hbond substituents is 1. The maximum atomic E-state index is 14.1. The van der Waals surface area contributed by atoms with Crippen molar-refractivity contribution in [3.8, 4) is 17.2 Å². The normalized spacial score (nSPS) is 11.8. The Balaban J connectivity index is 2.42. The van der Waals surface area contributed by atoms with Gasteiger partial charge in [-0.1, -0.05) is 0 Å². The van der Waals surface area contributed by atoms with Crippen LogP contribution in [0.2, 0.25) is 0 Å². The van der Waals surface area contributed by atoms with Crippen molar-refractivity contribution in [2.24, 2.45) is 0 Å². The van der Waals surface area contributed by atoms with Crippen LogP contribution in [-0.2, 0) is 16.1 Å². The number of nitrogens with one attached hydrogen (secondary N) is 1. The number of aldehydes is 1. The Bertz CT molecular complexity index is 1190. The van der Waals surface area contributed by atoms with Crippen LogP contribution in [0.25, 0.3) is 22.0 Å². The number of methoxy groups -OCH3 is 2. The van der Waals surface area contributed by atoms with Crippen molar-refractivity contribution in [3.63, 3.8) is 0 Å². The fourth-order valence-corrected chi connectivity index (χ4v) is 3.60. The van der Waals surface area contributed by atoms with Crippen LogP contribution < -0.4 is 14.8 Å². The van der Waals surface area contributed by atoms with Gasteiger partial charge in [-0.3, -0.25) is 9.59 Å². The van der Waals surface area contributed by atoms with E-state index in [-0.39, 0.29) is 47.1 Å². The highest BCUT2D eigenvalue weighted by Crippen LogP contribution is 2.41. The number of aromatic hydroxyl groups is 1. The van der Waals surface area contributed by atoms with Crippen molar-refractivity contribution in [2.45, 2.75) is 6.54 Å². The standard InChI is InChI=1S/C23H23FN2O6/c1-25-23(30)21(16-11-26(6-7-27)18-5-4-14(24)10-15(16)18)17(12-28)13-8-19(31-2)22(29)20(9-13)32-3/h4-5,8-12,27,29H,6-7H2,1-3H3,(H,25,30)/b21-17+. The number of rotatable bonds is 8. The Morgan fingerprint density at radius 3 is 2.38 bits per heavy atom. The molecular weight excluding hydrogens is 419 g/mol. The van der Waals surface area contributed by atoms with Crippen LogP contribution in [0, 0.1) is 5.82 Å². The molecule has 0 atom stereocenters. The number of benzene rings is 2. The summed E-state index contributed by atoms with van der Waals surface area (Å²) < 4.78 is 26.1. The number of halogens is 1. The Morgan fingerprint density at radius 2 is 1.84 bits per heavy atom. The Morgan fingerprint density at radius 1 is 1.19 bits per heavy atom. The number of fused-ring (bicyclic) bond motifs is 1. The van der Waals surface area contributed by atoms with Gasteiger partial charge < -0.3 is 29.6 Å². The summed E-state index contributed by atoms with van der Waals surface area (Å²) in [7, 11) is 4.09. The highest BCUT2D eigenvalue weighted by Gasteiger charge is 2.24. The summed E-state index contributed by atoms with van der Waals surface area (Å²) in [6.07, 6.45) is 2.09. The number of aromatic nitrogens is 1. The van der Waals surface area contributed by atoms with E-state index >= 15 is 0 Å². The van der Waals surface area contributed by atoms with Crippen LogP contribution in [-0.4, -0.2) is 54.8 Å². The summed E-state index contributed by atoms with van der Waals surface area (Å²) in [5, 5.41) is 22.5. The molecule has 1 amide bonds. The van der Waals surface area contributed by atoms with E-state index in [1.165, 1.54) is 45.5 Å². The van der Waals surface area contributed by atoms with E-state index in [9.17, 15) is 24.2 Å². The lowest BCUT2D eigenvalue weighted by Crippen LogP contribution is -2.20. The van der Waals surface area contributed by atoms with Gasteiger partial charge in [0.25, 0.3) is 5.91 Å². The van der Waals surface area contributed by atoms with Crippen molar-refractivity contribution < 1.29 is 33.7 Å². The van der Waals surface area contributed by atoms with Gasteiger partial charge in [0.05, 0.1) is 26.4 Å². The average Bonchev–Trinajstić information content (AvgIpc) is 3.14. The summed E-state index contributed by atoms with van der Waals surface area (Å²) in [6.45, 7) is 0.0347. The Hall–Kier alpha value is -3.85. The van der Waals surface area contributed by atoms with Crippen molar-refractivity contribution in [2.75, 3.05) is 27.9 Å². The van der Waals surface area contributed by atoms with Gasteiger partial charge in [0.2, 0.25) is 5.75 Å². The number of aliphatic hydroxyl groups excluding tert-OH is 1. The third-order valence-corrected chi connectivity index (χ3v) is 5.09. The van der Waals surface area contributed by atoms with E-state index in [0.29, 0.717) is 22.8 Å². The molecule has 0 bridgehead atoms. The maximum Gasteiger partial charge on any atom is 0.252 e. The van der Waals surface area contributed by atoms with Gasteiger partial charge in [0.15, 0.2) is 17.8 Å². The number of likely N-dealkylation sites (N-methyl/N-ethyl adjacent to an activating group) is 1. The van der Waals surface area contributed by atoms with E-state index in [1.54, 1.807) is 16.8 Å². The number of hydrogen-bond donors (Lipinski definition) is 3. The molecular formula is C23H23FN2O6. The van der Waals surface area contributed by atoms with E-state index in [0.717, 1.165) is 0 Å². The third kappa shape index (κ3) is 4.02. The molecule has 0 saturated heterocycles.